The standard InChI is InChI=1S/C8H17NO/c1-6(2)9-7(3)8(9)4-5-10/h6-8,10H,4-5H2,1-3H3. The van der Waals surface area contributed by atoms with Crippen molar-refractivity contribution in [1.29, 1.82) is 0 Å². The van der Waals surface area contributed by atoms with Gasteiger partial charge in [-0.3, -0.25) is 4.90 Å². The topological polar surface area (TPSA) is 23.2 Å². The second kappa shape index (κ2) is 2.89. The third kappa shape index (κ3) is 1.32. The lowest BCUT2D eigenvalue weighted by molar-refractivity contribution is 0.273. The molecule has 1 aliphatic rings. The first-order chi connectivity index (χ1) is 4.68. The molecular formula is C8H17NO. The van der Waals surface area contributed by atoms with Gasteiger partial charge < -0.3 is 5.11 Å². The van der Waals surface area contributed by atoms with Crippen molar-refractivity contribution < 1.29 is 5.11 Å². The van der Waals surface area contributed by atoms with Crippen molar-refractivity contribution in [2.24, 2.45) is 0 Å². The number of hydrogen-bond acceptors (Lipinski definition) is 2. The molecule has 0 saturated carbocycles. The Morgan fingerprint density at radius 3 is 2.40 bits per heavy atom. The lowest BCUT2D eigenvalue weighted by atomic mass is 10.3. The van der Waals surface area contributed by atoms with Crippen molar-refractivity contribution in [1.82, 2.24) is 4.90 Å². The number of hydrogen-bond donors (Lipinski definition) is 1. The van der Waals surface area contributed by atoms with Crippen molar-refractivity contribution >= 4 is 0 Å². The molecule has 1 N–H and O–H groups in total. The van der Waals surface area contributed by atoms with Gasteiger partial charge in [0.05, 0.1) is 0 Å². The molecule has 0 radical (unpaired) electrons. The number of nitrogens with zero attached hydrogens (tertiary/aromatic N) is 1. The summed E-state index contributed by atoms with van der Waals surface area (Å²) in [6.07, 6.45) is 0.944. The van der Waals surface area contributed by atoms with E-state index in [0.717, 1.165) is 6.42 Å². The summed E-state index contributed by atoms with van der Waals surface area (Å²) in [7, 11) is 0. The van der Waals surface area contributed by atoms with Gasteiger partial charge in [-0.15, -0.1) is 0 Å². The van der Waals surface area contributed by atoms with Crippen LogP contribution in [0.3, 0.4) is 0 Å². The van der Waals surface area contributed by atoms with Gasteiger partial charge in [0.2, 0.25) is 0 Å². The molecule has 0 bridgehead atoms. The smallest absolute Gasteiger partial charge is 0.0446 e. The van der Waals surface area contributed by atoms with E-state index in [1.165, 1.54) is 0 Å². The summed E-state index contributed by atoms with van der Waals surface area (Å²) in [5, 5.41) is 8.67. The Bertz CT molecular complexity index is 114. The average molecular weight is 143 g/mol. The Morgan fingerprint density at radius 2 is 2.10 bits per heavy atom. The maximum absolute atomic E-state index is 8.67. The molecule has 0 amide bonds. The van der Waals surface area contributed by atoms with Gasteiger partial charge in [0.1, 0.15) is 0 Å². The zero-order chi connectivity index (χ0) is 7.72. The average Bonchev–Trinajstić information content (AvgIpc) is 2.43. The lowest BCUT2D eigenvalue weighted by Crippen LogP contribution is -2.13. The van der Waals surface area contributed by atoms with E-state index in [4.69, 9.17) is 5.11 Å². The van der Waals surface area contributed by atoms with E-state index in [1.807, 2.05) is 0 Å². The molecule has 10 heavy (non-hydrogen) atoms. The third-order valence-electron chi connectivity index (χ3n) is 2.34. The lowest BCUT2D eigenvalue weighted by Gasteiger charge is -2.05. The molecule has 0 aliphatic carbocycles. The molecule has 60 valence electrons. The van der Waals surface area contributed by atoms with Crippen LogP contribution in [0.4, 0.5) is 0 Å². The first-order valence-electron chi connectivity index (χ1n) is 4.06. The van der Waals surface area contributed by atoms with Gasteiger partial charge in [-0.1, -0.05) is 0 Å². The molecule has 0 aromatic heterocycles. The normalized spacial score (nSPS) is 38.7. The Balaban J connectivity index is 2.27. The van der Waals surface area contributed by atoms with Crippen molar-refractivity contribution in [2.45, 2.75) is 45.3 Å². The van der Waals surface area contributed by atoms with E-state index in [2.05, 4.69) is 25.7 Å². The number of rotatable bonds is 3. The minimum Gasteiger partial charge on any atom is -0.396 e. The van der Waals surface area contributed by atoms with Gasteiger partial charge in [0.25, 0.3) is 0 Å². The molecule has 0 aromatic carbocycles. The Hall–Kier alpha value is -0.0800. The number of aliphatic hydroxyl groups excluding tert-OH is 1. The second-order valence-corrected chi connectivity index (χ2v) is 3.36. The van der Waals surface area contributed by atoms with Gasteiger partial charge in [0.15, 0.2) is 0 Å². The van der Waals surface area contributed by atoms with E-state index in [1.54, 1.807) is 0 Å². The van der Waals surface area contributed by atoms with E-state index >= 15 is 0 Å². The Morgan fingerprint density at radius 1 is 1.50 bits per heavy atom. The maximum atomic E-state index is 8.67. The van der Waals surface area contributed by atoms with Crippen molar-refractivity contribution in [3.63, 3.8) is 0 Å². The van der Waals surface area contributed by atoms with Crippen molar-refractivity contribution in [2.75, 3.05) is 6.61 Å². The molecule has 1 aliphatic heterocycles. The minimum atomic E-state index is 0.332. The van der Waals surface area contributed by atoms with Crippen LogP contribution in [0.5, 0.6) is 0 Å². The summed E-state index contributed by atoms with van der Waals surface area (Å²) >= 11 is 0. The molecule has 1 heterocycles. The summed E-state index contributed by atoms with van der Waals surface area (Å²) in [5.74, 6) is 0. The summed E-state index contributed by atoms with van der Waals surface area (Å²) < 4.78 is 0. The van der Waals surface area contributed by atoms with Crippen LogP contribution in [0, 0.1) is 0 Å². The van der Waals surface area contributed by atoms with E-state index in [0.29, 0.717) is 24.7 Å². The summed E-state index contributed by atoms with van der Waals surface area (Å²) in [5.41, 5.74) is 0. The molecule has 2 heteroatoms. The SMILES string of the molecule is CC(C)N1C(C)C1CCO. The summed E-state index contributed by atoms with van der Waals surface area (Å²) in [6.45, 7) is 6.96. The first-order valence-corrected chi connectivity index (χ1v) is 4.06. The van der Waals surface area contributed by atoms with Crippen LogP contribution in [0.15, 0.2) is 0 Å². The van der Waals surface area contributed by atoms with Crippen molar-refractivity contribution in [3.05, 3.63) is 0 Å². The van der Waals surface area contributed by atoms with Gasteiger partial charge in [-0.25, -0.2) is 0 Å². The van der Waals surface area contributed by atoms with Crippen molar-refractivity contribution in [3.8, 4) is 0 Å². The second-order valence-electron chi connectivity index (χ2n) is 3.36. The summed E-state index contributed by atoms with van der Waals surface area (Å²) in [4.78, 5) is 2.43. The van der Waals surface area contributed by atoms with E-state index in [-0.39, 0.29) is 0 Å². The third-order valence-corrected chi connectivity index (χ3v) is 2.34. The molecule has 3 unspecified atom stereocenters. The molecule has 0 spiro atoms. The fourth-order valence-corrected chi connectivity index (χ4v) is 1.81. The van der Waals surface area contributed by atoms with Crippen LogP contribution in [0.2, 0.25) is 0 Å². The highest BCUT2D eigenvalue weighted by molar-refractivity contribution is 5.00. The first kappa shape index (κ1) is 8.02. The van der Waals surface area contributed by atoms with Gasteiger partial charge in [-0.2, -0.15) is 0 Å². The predicted octanol–water partition coefficient (Wildman–Crippen LogP) is 0.850. The van der Waals surface area contributed by atoms with E-state index in [9.17, 15) is 0 Å². The van der Waals surface area contributed by atoms with Gasteiger partial charge in [0, 0.05) is 24.7 Å². The summed E-state index contributed by atoms with van der Waals surface area (Å²) in [6, 6.07) is 2.00. The minimum absolute atomic E-state index is 0.332. The molecular weight excluding hydrogens is 126 g/mol. The highest BCUT2D eigenvalue weighted by atomic mass is 16.3. The van der Waals surface area contributed by atoms with Crippen LogP contribution in [0.25, 0.3) is 0 Å². The van der Waals surface area contributed by atoms with E-state index < -0.39 is 0 Å². The van der Waals surface area contributed by atoms with Crippen LogP contribution in [0.1, 0.15) is 27.2 Å². The Labute approximate surface area is 62.8 Å². The van der Waals surface area contributed by atoms with Crippen LogP contribution in [-0.2, 0) is 0 Å². The predicted molar refractivity (Wildman–Crippen MR) is 41.9 cm³/mol. The number of aliphatic hydroxyl groups is 1. The molecule has 1 saturated heterocycles. The highest BCUT2D eigenvalue weighted by Crippen LogP contribution is 2.32. The maximum Gasteiger partial charge on any atom is 0.0446 e. The zero-order valence-corrected chi connectivity index (χ0v) is 7.04. The van der Waals surface area contributed by atoms with Crippen LogP contribution < -0.4 is 0 Å². The Kier molecular flexibility index (Phi) is 2.32. The monoisotopic (exact) mass is 143 g/mol. The van der Waals surface area contributed by atoms with Gasteiger partial charge >= 0.3 is 0 Å². The fraction of sp³-hybridized carbons (Fsp3) is 1.00. The molecule has 0 aromatic rings. The largest absolute Gasteiger partial charge is 0.396 e. The fourth-order valence-electron chi connectivity index (χ4n) is 1.81. The molecule has 3 atom stereocenters. The highest BCUT2D eigenvalue weighted by Gasteiger charge is 2.44. The molecule has 2 nitrogen and oxygen atoms in total. The molecule has 1 fully saturated rings. The van der Waals surface area contributed by atoms with Crippen LogP contribution >= 0.6 is 0 Å². The van der Waals surface area contributed by atoms with Crippen LogP contribution in [-0.4, -0.2) is 34.7 Å². The molecule has 1 rings (SSSR count). The quantitative estimate of drug-likeness (QED) is 0.592. The van der Waals surface area contributed by atoms with Gasteiger partial charge in [-0.05, 0) is 27.2 Å². The zero-order valence-electron chi connectivity index (χ0n) is 7.04.